The number of aliphatic hydroxyl groups is 1. The van der Waals surface area contributed by atoms with Crippen LogP contribution in [0.3, 0.4) is 0 Å². The Labute approximate surface area is 621 Å². The van der Waals surface area contributed by atoms with Crippen molar-refractivity contribution < 1.29 is 176 Å². The summed E-state index contributed by atoms with van der Waals surface area (Å²) in [4.78, 5) is 161. The third-order valence-electron chi connectivity index (χ3n) is 14.6. The number of hydrogen-bond donors (Lipinski definition) is 5. The maximum Gasteiger partial charge on any atom is 0.303 e. The molecule has 0 aromatic heterocycles. The van der Waals surface area contributed by atoms with Crippen molar-refractivity contribution in [3.8, 4) is 17.2 Å². The molecule has 3 saturated heterocycles. The third-order valence-corrected chi connectivity index (χ3v) is 14.6. The molecule has 4 rings (SSSR count). The lowest BCUT2D eigenvalue weighted by molar-refractivity contribution is -0.279. The van der Waals surface area contributed by atoms with E-state index in [0.717, 1.165) is 62.3 Å². The molecule has 1 aromatic carbocycles. The molecule has 3 heterocycles. The predicted octanol–water partition coefficient (Wildman–Crippen LogP) is -2.35. The van der Waals surface area contributed by atoms with Gasteiger partial charge in [-0.15, -0.1) is 0 Å². The number of hydrogen-bond acceptors (Lipinski definition) is 37. The van der Waals surface area contributed by atoms with Crippen LogP contribution in [0.2, 0.25) is 0 Å². The Balaban J connectivity index is 1.62. The van der Waals surface area contributed by atoms with Crippen molar-refractivity contribution in [1.82, 2.24) is 21.3 Å². The summed E-state index contributed by atoms with van der Waals surface area (Å²) in [5, 5.41) is 19.6. The molecule has 5 N–H and O–H groups in total. The Kier molecular flexibility index (Phi) is 41.9. The van der Waals surface area contributed by atoms with Crippen LogP contribution < -0.4 is 35.5 Å². The summed E-state index contributed by atoms with van der Waals surface area (Å²) in [6.45, 7) is 9.74. The summed E-state index contributed by atoms with van der Waals surface area (Å²) < 4.78 is 132. The van der Waals surface area contributed by atoms with Crippen LogP contribution in [0, 0.1) is 0 Å². The molecule has 3 fully saturated rings. The van der Waals surface area contributed by atoms with E-state index in [1.54, 1.807) is 0 Å². The van der Waals surface area contributed by atoms with Crippen LogP contribution in [0.25, 0.3) is 0 Å². The van der Waals surface area contributed by atoms with Gasteiger partial charge in [0.25, 0.3) is 5.91 Å². The molecule has 0 bridgehead atoms. The maximum atomic E-state index is 14.0. The minimum Gasteiger partial charge on any atom is -0.487 e. The van der Waals surface area contributed by atoms with Crippen LogP contribution in [0.5, 0.6) is 17.2 Å². The topological polar surface area (TPSA) is 503 Å². The van der Waals surface area contributed by atoms with Crippen LogP contribution in [0.4, 0.5) is 0 Å². The molecule has 610 valence electrons. The van der Waals surface area contributed by atoms with Gasteiger partial charge in [-0.25, -0.2) is 0 Å². The summed E-state index contributed by atoms with van der Waals surface area (Å²) >= 11 is 0. The van der Waals surface area contributed by atoms with Crippen molar-refractivity contribution in [2.24, 2.45) is 0 Å². The summed E-state index contributed by atoms with van der Waals surface area (Å²) in [7, 11) is 0. The highest BCUT2D eigenvalue weighted by molar-refractivity contribution is 5.95. The number of amides is 4. The average molecular weight is 1550 g/mol. The molecule has 41 heteroatoms. The number of nitrogens with one attached hydrogen (secondary N) is 4. The fourth-order valence-corrected chi connectivity index (χ4v) is 10.7. The van der Waals surface area contributed by atoms with Gasteiger partial charge in [-0.3, -0.25) is 62.3 Å². The van der Waals surface area contributed by atoms with Gasteiger partial charge >= 0.3 is 53.7 Å². The molecular formula is C67H100N4O37. The Morgan fingerprint density at radius 3 is 0.917 bits per heavy atom. The summed E-state index contributed by atoms with van der Waals surface area (Å²) in [5.74, 6) is -9.70. The zero-order valence-corrected chi connectivity index (χ0v) is 62.3. The van der Waals surface area contributed by atoms with Gasteiger partial charge in [0.05, 0.1) is 92.5 Å². The Bertz CT molecular complexity index is 2960. The molecule has 41 nitrogen and oxygen atoms in total. The van der Waals surface area contributed by atoms with Gasteiger partial charge in [0.15, 0.2) is 67.0 Å². The van der Waals surface area contributed by atoms with E-state index in [1.807, 2.05) is 0 Å². The van der Waals surface area contributed by atoms with Crippen LogP contribution in [-0.2, 0) is 152 Å². The molecule has 0 radical (unpaired) electrons. The molecule has 1 aromatic rings. The van der Waals surface area contributed by atoms with Gasteiger partial charge in [0, 0.05) is 95.2 Å². The molecule has 15 atom stereocenters. The van der Waals surface area contributed by atoms with Gasteiger partial charge < -0.3 is 135 Å². The molecule has 3 aliphatic heterocycles. The second-order valence-electron chi connectivity index (χ2n) is 23.7. The van der Waals surface area contributed by atoms with Crippen LogP contribution >= 0.6 is 0 Å². The number of carbonyl (C=O) groups is 13. The smallest absolute Gasteiger partial charge is 0.303 e. The maximum absolute atomic E-state index is 14.0. The zero-order valence-electron chi connectivity index (χ0n) is 62.3. The summed E-state index contributed by atoms with van der Waals surface area (Å²) in [6.07, 6.45) is -16.3. The SMILES string of the molecule is CC(=O)N[C@H]1[C@H](OCCOCCOc2cc(C(=O)NCCOCCOCCO)cc(OCCOCCO[C@@H]3O[C@H](COC(C)=O)[C@H](OC(C)=O)[C@H](OC(C)=O)[C@H]3NC(C)=O)c2OCCOCCO[C@@H]2O[C@H](COC(C)=O)[C@H](OC(C)=O)[C@H](OC(C)=O)[C@H]2NC(C)=O)O[C@H](COC(C)=O)[C@H](OC(C)=O)[C@@H]1OC(C)=O. The average Bonchev–Trinajstić information content (AvgIpc) is 0.827. The quantitative estimate of drug-likeness (QED) is 0.0259. The lowest BCUT2D eigenvalue weighted by Gasteiger charge is -2.44. The zero-order chi connectivity index (χ0) is 79.8. The highest BCUT2D eigenvalue weighted by Gasteiger charge is 2.54. The lowest BCUT2D eigenvalue weighted by atomic mass is 9.96. The van der Waals surface area contributed by atoms with Crippen LogP contribution in [0.15, 0.2) is 12.1 Å². The monoisotopic (exact) mass is 1550 g/mol. The third kappa shape index (κ3) is 34.2. The second-order valence-corrected chi connectivity index (χ2v) is 23.7. The van der Waals surface area contributed by atoms with Crippen molar-refractivity contribution in [2.75, 3.05) is 139 Å². The number of esters is 9. The number of ether oxygens (including phenoxy) is 23. The summed E-state index contributed by atoms with van der Waals surface area (Å²) in [6, 6.07) is -1.11. The van der Waals surface area contributed by atoms with E-state index in [2.05, 4.69) is 21.3 Å². The fraction of sp³-hybridized carbons (Fsp3) is 0.716. The first kappa shape index (κ1) is 91.6. The van der Waals surface area contributed by atoms with Gasteiger partial charge in [-0.1, -0.05) is 0 Å². The molecule has 4 amide bonds. The number of aliphatic hydroxyl groups excluding tert-OH is 1. The first-order valence-corrected chi connectivity index (χ1v) is 34.3. The van der Waals surface area contributed by atoms with E-state index in [-0.39, 0.29) is 142 Å². The van der Waals surface area contributed by atoms with Crippen molar-refractivity contribution >= 4 is 77.4 Å². The number of rotatable bonds is 48. The highest BCUT2D eigenvalue weighted by Crippen LogP contribution is 2.40. The van der Waals surface area contributed by atoms with Gasteiger partial charge in [0.1, 0.15) is 76.1 Å². The van der Waals surface area contributed by atoms with E-state index in [0.29, 0.717) is 0 Å². The van der Waals surface area contributed by atoms with E-state index in [9.17, 15) is 62.3 Å². The molecule has 0 spiro atoms. The lowest BCUT2D eigenvalue weighted by Crippen LogP contribution is -2.66. The Morgan fingerprint density at radius 2 is 0.620 bits per heavy atom. The van der Waals surface area contributed by atoms with Crippen molar-refractivity contribution in [1.29, 1.82) is 0 Å². The molecule has 0 aliphatic carbocycles. The minimum absolute atomic E-state index is 0.0104. The van der Waals surface area contributed by atoms with E-state index >= 15 is 0 Å². The number of benzene rings is 1. The minimum atomic E-state index is -1.41. The van der Waals surface area contributed by atoms with E-state index in [4.69, 9.17) is 114 Å². The van der Waals surface area contributed by atoms with Gasteiger partial charge in [-0.05, 0) is 12.1 Å². The Hall–Kier alpha value is -8.75. The first-order chi connectivity index (χ1) is 51.4. The first-order valence-electron chi connectivity index (χ1n) is 34.3. The predicted molar refractivity (Wildman–Crippen MR) is 356 cm³/mol. The molecular weight excluding hydrogens is 1450 g/mol. The number of carbonyl (C=O) groups excluding carboxylic acids is 13. The van der Waals surface area contributed by atoms with E-state index in [1.165, 1.54) is 32.9 Å². The van der Waals surface area contributed by atoms with Crippen LogP contribution in [0.1, 0.15) is 93.4 Å². The largest absolute Gasteiger partial charge is 0.487 e. The second kappa shape index (κ2) is 49.3. The standard InChI is InChI=1S/C67H100N4O37/c1-36(73)69-54-61(103-45(10)82)58(100-42(7)79)51(33-97-39(4)76)106-65(54)94-28-22-88-19-25-91-49-31-48(64(85)68-13-15-86-17-18-87-16-14-72)32-50(92-26-20-89-23-29-95-66-55(70-37(2)74)62(104-46(11)83)59(101-43(8)80)52(107-66)34-98-40(5)77)57(49)93-27-21-90-24-30-96-67-56(71-38(3)75)63(105-47(12)84)60(102-44(9)81)53(108-67)35-99-41(6)78/h31-32,51-56,58-63,65-67,72H,13-30,33-35H2,1-12H3,(H,68,85)(H,69,73)(H,70,74)(H,71,75)/t51-,52-,53-,54-,55-,56-,58+,59+,60+,61-,62-,63-,65-,66-,67-/m1/s1. The van der Waals surface area contributed by atoms with E-state index < -0.39 is 189 Å². The molecule has 3 aliphatic rings. The van der Waals surface area contributed by atoms with Gasteiger partial charge in [-0.2, -0.15) is 0 Å². The van der Waals surface area contributed by atoms with Crippen molar-refractivity contribution in [3.63, 3.8) is 0 Å². The van der Waals surface area contributed by atoms with Crippen molar-refractivity contribution in [2.45, 2.75) is 175 Å². The molecule has 108 heavy (non-hydrogen) atoms. The van der Waals surface area contributed by atoms with Crippen LogP contribution in [-0.4, -0.2) is 313 Å². The van der Waals surface area contributed by atoms with Gasteiger partial charge in [0.2, 0.25) is 23.5 Å². The Morgan fingerprint density at radius 1 is 0.343 bits per heavy atom. The molecule has 0 unspecified atom stereocenters. The normalized spacial score (nSPS) is 23.7. The fourth-order valence-electron chi connectivity index (χ4n) is 10.7. The molecule has 0 saturated carbocycles. The van der Waals surface area contributed by atoms with Crippen molar-refractivity contribution in [3.05, 3.63) is 17.7 Å². The summed E-state index contributed by atoms with van der Waals surface area (Å²) in [5.41, 5.74) is -0.0178. The highest BCUT2D eigenvalue weighted by atomic mass is 16.7.